The quantitative estimate of drug-likeness (QED) is 0.639. The average molecular weight is 155 g/mol. The summed E-state index contributed by atoms with van der Waals surface area (Å²) in [6.07, 6.45) is 3.76. The van der Waals surface area contributed by atoms with Gasteiger partial charge in [-0.15, -0.1) is 0 Å². The van der Waals surface area contributed by atoms with Crippen LogP contribution in [0.25, 0.3) is 0 Å². The van der Waals surface area contributed by atoms with Gasteiger partial charge < -0.3 is 5.11 Å². The van der Waals surface area contributed by atoms with E-state index < -0.39 is 0 Å². The Bertz CT molecular complexity index is 144. The molecule has 64 valence electrons. The van der Waals surface area contributed by atoms with E-state index >= 15 is 0 Å². The maximum atomic E-state index is 9.31. The summed E-state index contributed by atoms with van der Waals surface area (Å²) in [5.74, 6) is 0.945. The zero-order valence-electron chi connectivity index (χ0n) is 7.16. The zero-order valence-corrected chi connectivity index (χ0v) is 7.16. The van der Waals surface area contributed by atoms with Crippen LogP contribution in [0.2, 0.25) is 0 Å². The van der Waals surface area contributed by atoms with Crippen molar-refractivity contribution in [3.63, 3.8) is 0 Å². The number of hydrogen-bond donors (Lipinski definition) is 1. The van der Waals surface area contributed by atoms with Crippen LogP contribution in [0, 0.1) is 5.92 Å². The molecule has 0 aromatic heterocycles. The number of likely N-dealkylation sites (tertiary alicyclic amines) is 1. The molecule has 1 heterocycles. The van der Waals surface area contributed by atoms with Gasteiger partial charge in [-0.2, -0.15) is 0 Å². The van der Waals surface area contributed by atoms with Gasteiger partial charge in [-0.25, -0.2) is 0 Å². The summed E-state index contributed by atoms with van der Waals surface area (Å²) in [6, 6.07) is 0.729. The maximum Gasteiger partial charge on any atom is 0.0679 e. The van der Waals surface area contributed by atoms with Gasteiger partial charge in [0.1, 0.15) is 0 Å². The highest BCUT2D eigenvalue weighted by atomic mass is 16.3. The Morgan fingerprint density at radius 3 is 2.55 bits per heavy atom. The lowest BCUT2D eigenvalue weighted by atomic mass is 10.2. The van der Waals surface area contributed by atoms with Crippen molar-refractivity contribution in [2.75, 3.05) is 13.1 Å². The third kappa shape index (κ3) is 1.57. The summed E-state index contributed by atoms with van der Waals surface area (Å²) in [5.41, 5.74) is 0. The highest BCUT2D eigenvalue weighted by Gasteiger charge is 2.34. The van der Waals surface area contributed by atoms with Gasteiger partial charge in [0.05, 0.1) is 6.10 Å². The molecule has 0 aromatic carbocycles. The van der Waals surface area contributed by atoms with E-state index in [2.05, 4.69) is 11.8 Å². The Kier molecular flexibility index (Phi) is 1.90. The molecule has 0 amide bonds. The van der Waals surface area contributed by atoms with Crippen LogP contribution >= 0.6 is 0 Å². The second kappa shape index (κ2) is 2.76. The van der Waals surface area contributed by atoms with Crippen molar-refractivity contribution in [1.29, 1.82) is 0 Å². The number of β-amino-alcohol motifs (C(OH)–C–C–N with tert-alkyl or cyclic N) is 1. The lowest BCUT2D eigenvalue weighted by Gasteiger charge is -2.23. The number of rotatable bonds is 2. The molecule has 2 nitrogen and oxygen atoms in total. The molecule has 2 fully saturated rings. The Morgan fingerprint density at radius 1 is 1.36 bits per heavy atom. The molecule has 1 aliphatic heterocycles. The first-order chi connectivity index (χ1) is 5.27. The van der Waals surface area contributed by atoms with E-state index in [0.717, 1.165) is 31.5 Å². The van der Waals surface area contributed by atoms with Crippen molar-refractivity contribution >= 4 is 0 Å². The molecule has 2 rings (SSSR count). The first kappa shape index (κ1) is 7.56. The van der Waals surface area contributed by atoms with E-state index in [-0.39, 0.29) is 6.10 Å². The molecule has 0 bridgehead atoms. The third-order valence-electron chi connectivity index (χ3n) is 3.07. The van der Waals surface area contributed by atoms with E-state index in [0.29, 0.717) is 0 Å². The molecule has 1 aliphatic carbocycles. The largest absolute Gasteiger partial charge is 0.392 e. The molecule has 11 heavy (non-hydrogen) atoms. The Hall–Kier alpha value is -0.0800. The zero-order chi connectivity index (χ0) is 7.84. The van der Waals surface area contributed by atoms with Crippen molar-refractivity contribution in [2.24, 2.45) is 5.92 Å². The fourth-order valence-corrected chi connectivity index (χ4v) is 2.01. The van der Waals surface area contributed by atoms with Gasteiger partial charge in [0, 0.05) is 19.1 Å². The average Bonchev–Trinajstić information content (AvgIpc) is 2.74. The topological polar surface area (TPSA) is 23.5 Å². The Balaban J connectivity index is 1.84. The Labute approximate surface area is 68.2 Å². The van der Waals surface area contributed by atoms with Crippen LogP contribution in [0.4, 0.5) is 0 Å². The number of aliphatic hydroxyl groups excluding tert-OH is 1. The van der Waals surface area contributed by atoms with Crippen LogP contribution in [0.5, 0.6) is 0 Å². The smallest absolute Gasteiger partial charge is 0.0679 e. The molecule has 1 N–H and O–H groups in total. The lowest BCUT2D eigenvalue weighted by molar-refractivity contribution is 0.157. The lowest BCUT2D eigenvalue weighted by Crippen LogP contribution is -2.33. The molecule has 0 spiro atoms. The normalized spacial score (nSPS) is 36.0. The summed E-state index contributed by atoms with van der Waals surface area (Å²) in [6.45, 7) is 4.33. The van der Waals surface area contributed by atoms with E-state index in [1.165, 1.54) is 12.8 Å². The number of aliphatic hydroxyl groups is 1. The predicted molar refractivity (Wildman–Crippen MR) is 44.4 cm³/mol. The maximum absolute atomic E-state index is 9.31. The summed E-state index contributed by atoms with van der Waals surface area (Å²) in [7, 11) is 0. The monoisotopic (exact) mass is 155 g/mol. The second-order valence-electron chi connectivity index (χ2n) is 4.02. The summed E-state index contributed by atoms with van der Waals surface area (Å²) >= 11 is 0. The van der Waals surface area contributed by atoms with Gasteiger partial charge in [0.15, 0.2) is 0 Å². The molecule has 2 aliphatic rings. The summed E-state index contributed by atoms with van der Waals surface area (Å²) in [5, 5.41) is 9.31. The van der Waals surface area contributed by atoms with Crippen molar-refractivity contribution < 1.29 is 5.11 Å². The van der Waals surface area contributed by atoms with E-state index in [1.807, 2.05) is 0 Å². The van der Waals surface area contributed by atoms with Crippen LogP contribution in [0.1, 0.15) is 26.2 Å². The minimum Gasteiger partial charge on any atom is -0.392 e. The minimum atomic E-state index is -0.0452. The minimum absolute atomic E-state index is 0.0452. The highest BCUT2D eigenvalue weighted by molar-refractivity contribution is 4.88. The first-order valence-electron chi connectivity index (χ1n) is 4.69. The fourth-order valence-electron chi connectivity index (χ4n) is 2.01. The van der Waals surface area contributed by atoms with Gasteiger partial charge >= 0.3 is 0 Å². The first-order valence-corrected chi connectivity index (χ1v) is 4.69. The van der Waals surface area contributed by atoms with Gasteiger partial charge in [-0.1, -0.05) is 0 Å². The van der Waals surface area contributed by atoms with Gasteiger partial charge in [-0.3, -0.25) is 4.90 Å². The van der Waals surface area contributed by atoms with Crippen molar-refractivity contribution in [3.8, 4) is 0 Å². The van der Waals surface area contributed by atoms with Crippen LogP contribution in [0.15, 0.2) is 0 Å². The molecule has 0 aromatic rings. The second-order valence-corrected chi connectivity index (χ2v) is 4.02. The molecule has 1 saturated heterocycles. The molecule has 2 unspecified atom stereocenters. The van der Waals surface area contributed by atoms with Gasteiger partial charge in [0.25, 0.3) is 0 Å². The summed E-state index contributed by atoms with van der Waals surface area (Å²) in [4.78, 5) is 2.43. The molecule has 2 heteroatoms. The summed E-state index contributed by atoms with van der Waals surface area (Å²) < 4.78 is 0. The van der Waals surface area contributed by atoms with Crippen molar-refractivity contribution in [1.82, 2.24) is 4.90 Å². The molecular formula is C9H17NO. The van der Waals surface area contributed by atoms with E-state index in [1.54, 1.807) is 0 Å². The van der Waals surface area contributed by atoms with Crippen molar-refractivity contribution in [3.05, 3.63) is 0 Å². The highest BCUT2D eigenvalue weighted by Crippen LogP contribution is 2.36. The SMILES string of the molecule is CC(C1CC1)N1CCC(O)C1. The predicted octanol–water partition coefficient (Wildman–Crippen LogP) is 0.851. The van der Waals surface area contributed by atoms with Crippen molar-refractivity contribution in [2.45, 2.75) is 38.3 Å². The molecule has 2 atom stereocenters. The van der Waals surface area contributed by atoms with Crippen LogP contribution in [-0.2, 0) is 0 Å². The van der Waals surface area contributed by atoms with Gasteiger partial charge in [0.2, 0.25) is 0 Å². The van der Waals surface area contributed by atoms with Gasteiger partial charge in [-0.05, 0) is 32.1 Å². The number of hydrogen-bond acceptors (Lipinski definition) is 2. The fraction of sp³-hybridized carbons (Fsp3) is 1.00. The molecular weight excluding hydrogens is 138 g/mol. The van der Waals surface area contributed by atoms with E-state index in [9.17, 15) is 5.11 Å². The van der Waals surface area contributed by atoms with E-state index in [4.69, 9.17) is 0 Å². The molecule has 1 saturated carbocycles. The van der Waals surface area contributed by atoms with Crippen LogP contribution < -0.4 is 0 Å². The number of nitrogens with zero attached hydrogens (tertiary/aromatic N) is 1. The van der Waals surface area contributed by atoms with Crippen LogP contribution in [-0.4, -0.2) is 35.2 Å². The Morgan fingerprint density at radius 2 is 2.09 bits per heavy atom. The standard InChI is InChI=1S/C9H17NO/c1-7(8-2-3-8)10-5-4-9(11)6-10/h7-9,11H,2-6H2,1H3. The third-order valence-corrected chi connectivity index (χ3v) is 3.07. The van der Waals surface area contributed by atoms with Crippen LogP contribution in [0.3, 0.4) is 0 Å². The molecule has 0 radical (unpaired) electrons.